The van der Waals surface area contributed by atoms with Gasteiger partial charge in [-0.2, -0.15) is 0 Å². The van der Waals surface area contributed by atoms with E-state index in [9.17, 15) is 4.39 Å². The molecule has 0 spiro atoms. The number of halogens is 2. The van der Waals surface area contributed by atoms with E-state index in [1.54, 1.807) is 6.20 Å². The van der Waals surface area contributed by atoms with Crippen molar-refractivity contribution in [2.24, 2.45) is 0 Å². The van der Waals surface area contributed by atoms with Gasteiger partial charge in [0.05, 0.1) is 6.20 Å². The van der Waals surface area contributed by atoms with Gasteiger partial charge < -0.3 is 5.32 Å². The molecular weight excluding hydrogens is 295 g/mol. The predicted molar refractivity (Wildman–Crippen MR) is 73.6 cm³/mol. The Morgan fingerprint density at radius 1 is 1.33 bits per heavy atom. The van der Waals surface area contributed by atoms with Crippen molar-refractivity contribution in [3.05, 3.63) is 64.1 Å². The van der Waals surface area contributed by atoms with Crippen LogP contribution in [0.3, 0.4) is 0 Å². The van der Waals surface area contributed by atoms with Crippen LogP contribution in [0.4, 0.5) is 4.39 Å². The molecule has 1 heterocycles. The molecule has 18 heavy (non-hydrogen) atoms. The molecule has 0 saturated carbocycles. The van der Waals surface area contributed by atoms with Gasteiger partial charge in [0.25, 0.3) is 0 Å². The quantitative estimate of drug-likeness (QED) is 0.928. The summed E-state index contributed by atoms with van der Waals surface area (Å²) in [5.41, 5.74) is 2.02. The standard InChI is InChI=1S/C14H14BrFN2/c1-10(13-4-2-3-5-14(13)15)18-8-11-6-12(16)9-17-7-11/h2-7,9-10,18H,8H2,1H3/t10-/m1/s1. The molecule has 0 amide bonds. The number of nitrogens with one attached hydrogen (secondary N) is 1. The van der Waals surface area contributed by atoms with Gasteiger partial charge >= 0.3 is 0 Å². The van der Waals surface area contributed by atoms with Crippen LogP contribution in [0.15, 0.2) is 47.2 Å². The first-order valence-corrected chi connectivity index (χ1v) is 6.53. The second kappa shape index (κ2) is 6.07. The molecule has 2 nitrogen and oxygen atoms in total. The topological polar surface area (TPSA) is 24.9 Å². The van der Waals surface area contributed by atoms with Gasteiger partial charge in [-0.1, -0.05) is 34.1 Å². The molecule has 94 valence electrons. The summed E-state index contributed by atoms with van der Waals surface area (Å²) in [6, 6.07) is 9.73. The van der Waals surface area contributed by atoms with Crippen LogP contribution in [-0.2, 0) is 6.54 Å². The summed E-state index contributed by atoms with van der Waals surface area (Å²) in [7, 11) is 0. The highest BCUT2D eigenvalue weighted by molar-refractivity contribution is 9.10. The lowest BCUT2D eigenvalue weighted by Crippen LogP contribution is -2.18. The number of benzene rings is 1. The summed E-state index contributed by atoms with van der Waals surface area (Å²) in [6.45, 7) is 2.67. The third-order valence-electron chi connectivity index (χ3n) is 2.75. The van der Waals surface area contributed by atoms with Gasteiger partial charge in [-0.3, -0.25) is 4.98 Å². The SMILES string of the molecule is C[C@@H](NCc1cncc(F)c1)c1ccccc1Br. The van der Waals surface area contributed by atoms with Gasteiger partial charge in [0.1, 0.15) is 5.82 Å². The third kappa shape index (κ3) is 3.37. The molecule has 4 heteroatoms. The normalized spacial score (nSPS) is 12.4. The van der Waals surface area contributed by atoms with E-state index < -0.39 is 0 Å². The van der Waals surface area contributed by atoms with Crippen molar-refractivity contribution in [1.29, 1.82) is 0 Å². The summed E-state index contributed by atoms with van der Waals surface area (Å²) in [5.74, 6) is -0.303. The van der Waals surface area contributed by atoms with Crippen molar-refractivity contribution >= 4 is 15.9 Å². The highest BCUT2D eigenvalue weighted by Crippen LogP contribution is 2.22. The Balaban J connectivity index is 2.00. The van der Waals surface area contributed by atoms with E-state index in [1.165, 1.54) is 17.8 Å². The number of nitrogens with zero attached hydrogens (tertiary/aromatic N) is 1. The fourth-order valence-electron chi connectivity index (χ4n) is 1.76. The number of rotatable bonds is 4. The summed E-state index contributed by atoms with van der Waals surface area (Å²) in [5, 5.41) is 3.35. The molecule has 0 fully saturated rings. The summed E-state index contributed by atoms with van der Waals surface area (Å²) >= 11 is 3.52. The third-order valence-corrected chi connectivity index (χ3v) is 3.47. The largest absolute Gasteiger partial charge is 0.306 e. The molecule has 1 N–H and O–H groups in total. The van der Waals surface area contributed by atoms with Crippen LogP contribution in [0.1, 0.15) is 24.1 Å². The molecule has 1 aromatic carbocycles. The van der Waals surface area contributed by atoms with Crippen LogP contribution in [0.25, 0.3) is 0 Å². The smallest absolute Gasteiger partial charge is 0.141 e. The predicted octanol–water partition coefficient (Wildman–Crippen LogP) is 3.83. The fourth-order valence-corrected chi connectivity index (χ4v) is 2.39. The Kier molecular flexibility index (Phi) is 4.44. The van der Waals surface area contributed by atoms with Crippen LogP contribution in [-0.4, -0.2) is 4.98 Å². The van der Waals surface area contributed by atoms with E-state index in [2.05, 4.69) is 39.2 Å². The minimum absolute atomic E-state index is 0.184. The van der Waals surface area contributed by atoms with E-state index in [0.717, 1.165) is 10.0 Å². The molecular formula is C14H14BrFN2. The van der Waals surface area contributed by atoms with Crippen molar-refractivity contribution in [1.82, 2.24) is 10.3 Å². The summed E-state index contributed by atoms with van der Waals surface area (Å²) in [4.78, 5) is 3.83. The lowest BCUT2D eigenvalue weighted by atomic mass is 10.1. The van der Waals surface area contributed by atoms with Gasteiger partial charge in [0, 0.05) is 23.3 Å². The lowest BCUT2D eigenvalue weighted by molar-refractivity contribution is 0.565. The highest BCUT2D eigenvalue weighted by Gasteiger charge is 2.08. The van der Waals surface area contributed by atoms with Gasteiger partial charge in [0.2, 0.25) is 0 Å². The van der Waals surface area contributed by atoms with Gasteiger partial charge in [-0.15, -0.1) is 0 Å². The average Bonchev–Trinajstić information content (AvgIpc) is 2.37. The maximum absolute atomic E-state index is 13.0. The molecule has 0 saturated heterocycles. The zero-order chi connectivity index (χ0) is 13.0. The molecule has 2 aromatic rings. The highest BCUT2D eigenvalue weighted by atomic mass is 79.9. The van der Waals surface area contributed by atoms with Gasteiger partial charge in [-0.25, -0.2) is 4.39 Å². The molecule has 1 aromatic heterocycles. The number of hydrogen-bond acceptors (Lipinski definition) is 2. The zero-order valence-electron chi connectivity index (χ0n) is 10.0. The fraction of sp³-hybridized carbons (Fsp3) is 0.214. The van der Waals surface area contributed by atoms with Crippen LogP contribution >= 0.6 is 15.9 Å². The Hall–Kier alpha value is -1.26. The Bertz CT molecular complexity index is 531. The van der Waals surface area contributed by atoms with Crippen molar-refractivity contribution in [2.75, 3.05) is 0 Å². The Morgan fingerprint density at radius 2 is 2.11 bits per heavy atom. The van der Waals surface area contributed by atoms with Gasteiger partial charge in [0.15, 0.2) is 0 Å². The number of aromatic nitrogens is 1. The van der Waals surface area contributed by atoms with Gasteiger partial charge in [-0.05, 0) is 30.2 Å². The summed E-state index contributed by atoms with van der Waals surface area (Å²) in [6.07, 6.45) is 2.88. The second-order valence-corrected chi connectivity index (χ2v) is 4.99. The van der Waals surface area contributed by atoms with Crippen LogP contribution < -0.4 is 5.32 Å². The average molecular weight is 309 g/mol. The number of pyridine rings is 1. The van der Waals surface area contributed by atoms with Crippen molar-refractivity contribution in [3.63, 3.8) is 0 Å². The van der Waals surface area contributed by atoms with Crippen molar-refractivity contribution in [2.45, 2.75) is 19.5 Å². The molecule has 0 unspecified atom stereocenters. The van der Waals surface area contributed by atoms with Crippen LogP contribution in [0.5, 0.6) is 0 Å². The molecule has 1 atom stereocenters. The first-order chi connectivity index (χ1) is 8.66. The number of hydrogen-bond donors (Lipinski definition) is 1. The summed E-state index contributed by atoms with van der Waals surface area (Å²) < 4.78 is 14.1. The maximum atomic E-state index is 13.0. The zero-order valence-corrected chi connectivity index (χ0v) is 11.6. The van der Waals surface area contributed by atoms with E-state index in [0.29, 0.717) is 6.54 Å². The second-order valence-electron chi connectivity index (χ2n) is 4.14. The van der Waals surface area contributed by atoms with Crippen molar-refractivity contribution in [3.8, 4) is 0 Å². The molecule has 0 radical (unpaired) electrons. The molecule has 0 aliphatic rings. The Labute approximate surface area is 114 Å². The monoisotopic (exact) mass is 308 g/mol. The van der Waals surface area contributed by atoms with Crippen LogP contribution in [0.2, 0.25) is 0 Å². The minimum Gasteiger partial charge on any atom is -0.306 e. The molecule has 0 bridgehead atoms. The van der Waals surface area contributed by atoms with Crippen molar-refractivity contribution < 1.29 is 4.39 Å². The first-order valence-electron chi connectivity index (χ1n) is 5.74. The maximum Gasteiger partial charge on any atom is 0.141 e. The first kappa shape index (κ1) is 13.2. The van der Waals surface area contributed by atoms with E-state index >= 15 is 0 Å². The molecule has 0 aliphatic carbocycles. The molecule has 2 rings (SSSR count). The van der Waals surface area contributed by atoms with E-state index in [4.69, 9.17) is 0 Å². The van der Waals surface area contributed by atoms with E-state index in [-0.39, 0.29) is 11.9 Å². The molecule has 0 aliphatic heterocycles. The Morgan fingerprint density at radius 3 is 2.83 bits per heavy atom. The van der Waals surface area contributed by atoms with Crippen LogP contribution in [0, 0.1) is 5.82 Å². The van der Waals surface area contributed by atoms with E-state index in [1.807, 2.05) is 18.2 Å². The minimum atomic E-state index is -0.303. The lowest BCUT2D eigenvalue weighted by Gasteiger charge is -2.15.